The molecule has 0 spiro atoms. The highest BCUT2D eigenvalue weighted by Gasteiger charge is 2.21. The molecule has 1 aliphatic carbocycles. The zero-order valence-electron chi connectivity index (χ0n) is 11.2. The van der Waals surface area contributed by atoms with Crippen LogP contribution in [0.3, 0.4) is 0 Å². The normalized spacial score (nSPS) is 17.1. The van der Waals surface area contributed by atoms with Crippen LogP contribution in [0.2, 0.25) is 0 Å². The molecule has 2 rings (SSSR count). The van der Waals surface area contributed by atoms with Gasteiger partial charge in [-0.1, -0.05) is 44.7 Å². The molecule has 1 saturated carbocycles. The van der Waals surface area contributed by atoms with Crippen molar-refractivity contribution in [1.29, 1.82) is 0 Å². The van der Waals surface area contributed by atoms with E-state index in [0.717, 1.165) is 11.7 Å². The Morgan fingerprint density at radius 2 is 1.94 bits per heavy atom. The van der Waals surface area contributed by atoms with Crippen molar-refractivity contribution in [3.8, 4) is 5.75 Å². The Balaban J connectivity index is 2.32. The van der Waals surface area contributed by atoms with Gasteiger partial charge in [-0.3, -0.25) is 0 Å². The van der Waals surface area contributed by atoms with Crippen LogP contribution in [-0.4, -0.2) is 7.11 Å². The van der Waals surface area contributed by atoms with Crippen molar-refractivity contribution in [2.75, 3.05) is 7.11 Å². The predicted molar refractivity (Wildman–Crippen MR) is 72.8 cm³/mol. The second kappa shape index (κ2) is 6.09. The minimum Gasteiger partial charge on any atom is -0.496 e. The van der Waals surface area contributed by atoms with Gasteiger partial charge in [0, 0.05) is 5.56 Å². The van der Waals surface area contributed by atoms with Crippen LogP contribution in [0.5, 0.6) is 5.75 Å². The lowest BCUT2D eigenvalue weighted by molar-refractivity contribution is 0.385. The molecule has 0 heterocycles. The molecule has 1 nitrogen and oxygen atoms in total. The van der Waals surface area contributed by atoms with Crippen LogP contribution in [0.4, 0.5) is 0 Å². The molecule has 1 heteroatoms. The van der Waals surface area contributed by atoms with Gasteiger partial charge in [-0.2, -0.15) is 0 Å². The number of hydrogen-bond acceptors (Lipinski definition) is 1. The predicted octanol–water partition coefficient (Wildman–Crippen LogP) is 4.70. The molecule has 17 heavy (non-hydrogen) atoms. The highest BCUT2D eigenvalue weighted by atomic mass is 16.5. The highest BCUT2D eigenvalue weighted by Crippen LogP contribution is 2.39. The summed E-state index contributed by atoms with van der Waals surface area (Å²) < 4.78 is 5.59. The van der Waals surface area contributed by atoms with Crippen LogP contribution in [-0.2, 0) is 6.42 Å². The lowest BCUT2D eigenvalue weighted by Gasteiger charge is -2.26. The number of hydrogen-bond donors (Lipinski definition) is 0. The van der Waals surface area contributed by atoms with E-state index in [9.17, 15) is 0 Å². The third-order valence-electron chi connectivity index (χ3n) is 3.91. The van der Waals surface area contributed by atoms with E-state index in [2.05, 4.69) is 25.1 Å². The summed E-state index contributed by atoms with van der Waals surface area (Å²) in [7, 11) is 1.80. The van der Waals surface area contributed by atoms with Gasteiger partial charge in [0.15, 0.2) is 0 Å². The SMILES string of the molecule is CCCc1cccc(OC)c1C1CCCCC1. The van der Waals surface area contributed by atoms with Crippen LogP contribution in [0.25, 0.3) is 0 Å². The topological polar surface area (TPSA) is 9.23 Å². The Bertz CT molecular complexity index is 351. The largest absolute Gasteiger partial charge is 0.496 e. The van der Waals surface area contributed by atoms with Crippen molar-refractivity contribution in [3.05, 3.63) is 29.3 Å². The lowest BCUT2D eigenvalue weighted by Crippen LogP contribution is -2.09. The molecular weight excluding hydrogens is 208 g/mol. The average Bonchev–Trinajstić information content (AvgIpc) is 2.40. The van der Waals surface area contributed by atoms with E-state index in [1.54, 1.807) is 7.11 Å². The maximum Gasteiger partial charge on any atom is 0.122 e. The second-order valence-corrected chi connectivity index (χ2v) is 5.12. The minimum absolute atomic E-state index is 0.737. The lowest BCUT2D eigenvalue weighted by atomic mass is 9.81. The molecule has 0 N–H and O–H groups in total. The first-order chi connectivity index (χ1) is 8.36. The molecule has 0 unspecified atom stereocenters. The first-order valence-electron chi connectivity index (χ1n) is 7.02. The summed E-state index contributed by atoms with van der Waals surface area (Å²) in [6.45, 7) is 2.25. The van der Waals surface area contributed by atoms with Crippen LogP contribution < -0.4 is 4.74 Å². The summed E-state index contributed by atoms with van der Waals surface area (Å²) in [5.74, 6) is 1.85. The molecule has 0 radical (unpaired) electrons. The van der Waals surface area contributed by atoms with Gasteiger partial charge in [0.1, 0.15) is 5.75 Å². The summed E-state index contributed by atoms with van der Waals surface area (Å²) in [6.07, 6.45) is 9.27. The van der Waals surface area contributed by atoms with Gasteiger partial charge in [-0.25, -0.2) is 0 Å². The number of benzene rings is 1. The van der Waals surface area contributed by atoms with Crippen LogP contribution >= 0.6 is 0 Å². The molecular formula is C16H24O. The first-order valence-corrected chi connectivity index (χ1v) is 7.02. The number of ether oxygens (including phenoxy) is 1. The number of rotatable bonds is 4. The van der Waals surface area contributed by atoms with Gasteiger partial charge >= 0.3 is 0 Å². The maximum absolute atomic E-state index is 5.59. The first kappa shape index (κ1) is 12.5. The molecule has 0 amide bonds. The van der Waals surface area contributed by atoms with E-state index in [1.165, 1.54) is 56.1 Å². The molecule has 0 bridgehead atoms. The average molecular weight is 232 g/mol. The Kier molecular flexibility index (Phi) is 4.47. The fourth-order valence-corrected chi connectivity index (χ4v) is 3.11. The standard InChI is InChI=1S/C16H24O/c1-3-8-13-11-7-12-15(17-2)16(13)14-9-5-4-6-10-14/h7,11-12,14H,3-6,8-10H2,1-2H3. The maximum atomic E-state index is 5.59. The van der Waals surface area contributed by atoms with Crippen molar-refractivity contribution < 1.29 is 4.74 Å². The van der Waals surface area contributed by atoms with E-state index < -0.39 is 0 Å². The van der Waals surface area contributed by atoms with Gasteiger partial charge in [-0.15, -0.1) is 0 Å². The Hall–Kier alpha value is -0.980. The molecule has 0 saturated heterocycles. The molecule has 1 aromatic rings. The van der Waals surface area contributed by atoms with Crippen LogP contribution in [0.1, 0.15) is 62.5 Å². The van der Waals surface area contributed by atoms with Crippen molar-refractivity contribution in [3.63, 3.8) is 0 Å². The van der Waals surface area contributed by atoms with Crippen LogP contribution in [0.15, 0.2) is 18.2 Å². The highest BCUT2D eigenvalue weighted by molar-refractivity contribution is 5.43. The monoisotopic (exact) mass is 232 g/mol. The number of methoxy groups -OCH3 is 1. The van der Waals surface area contributed by atoms with E-state index in [4.69, 9.17) is 4.74 Å². The third kappa shape index (κ3) is 2.83. The Labute approximate surface area is 105 Å². The fraction of sp³-hybridized carbons (Fsp3) is 0.625. The van der Waals surface area contributed by atoms with E-state index in [-0.39, 0.29) is 0 Å². The zero-order valence-corrected chi connectivity index (χ0v) is 11.2. The number of aryl methyl sites for hydroxylation is 1. The molecule has 1 fully saturated rings. The van der Waals surface area contributed by atoms with Gasteiger partial charge in [0.25, 0.3) is 0 Å². The summed E-state index contributed by atoms with van der Waals surface area (Å²) in [5, 5.41) is 0. The molecule has 1 aromatic carbocycles. The summed E-state index contributed by atoms with van der Waals surface area (Å²) in [6, 6.07) is 6.55. The van der Waals surface area contributed by atoms with E-state index >= 15 is 0 Å². The Morgan fingerprint density at radius 3 is 2.59 bits per heavy atom. The van der Waals surface area contributed by atoms with E-state index in [0.29, 0.717) is 0 Å². The quantitative estimate of drug-likeness (QED) is 0.731. The molecule has 1 aliphatic rings. The van der Waals surface area contributed by atoms with Crippen molar-refractivity contribution in [2.45, 2.75) is 57.8 Å². The smallest absolute Gasteiger partial charge is 0.122 e. The summed E-state index contributed by atoms with van der Waals surface area (Å²) >= 11 is 0. The van der Waals surface area contributed by atoms with Crippen molar-refractivity contribution in [1.82, 2.24) is 0 Å². The van der Waals surface area contributed by atoms with Crippen molar-refractivity contribution in [2.24, 2.45) is 0 Å². The van der Waals surface area contributed by atoms with Gasteiger partial charge in [0.05, 0.1) is 7.11 Å². The van der Waals surface area contributed by atoms with E-state index in [1.807, 2.05) is 0 Å². The Morgan fingerprint density at radius 1 is 1.18 bits per heavy atom. The third-order valence-corrected chi connectivity index (χ3v) is 3.91. The summed E-state index contributed by atoms with van der Waals surface area (Å²) in [5.41, 5.74) is 3.02. The summed E-state index contributed by atoms with van der Waals surface area (Å²) in [4.78, 5) is 0. The minimum atomic E-state index is 0.737. The fourth-order valence-electron chi connectivity index (χ4n) is 3.11. The molecule has 94 valence electrons. The van der Waals surface area contributed by atoms with Gasteiger partial charge < -0.3 is 4.74 Å². The van der Waals surface area contributed by atoms with Crippen LogP contribution in [0, 0.1) is 0 Å². The zero-order chi connectivity index (χ0) is 12.1. The van der Waals surface area contributed by atoms with Gasteiger partial charge in [-0.05, 0) is 36.8 Å². The molecule has 0 aromatic heterocycles. The van der Waals surface area contributed by atoms with Gasteiger partial charge in [0.2, 0.25) is 0 Å². The molecule has 0 atom stereocenters. The van der Waals surface area contributed by atoms with Crippen molar-refractivity contribution >= 4 is 0 Å². The molecule has 0 aliphatic heterocycles. The second-order valence-electron chi connectivity index (χ2n) is 5.12.